The highest BCUT2D eigenvalue weighted by atomic mass is 16.5. The number of nitrogens with zero attached hydrogens (tertiary/aromatic N) is 1. The van der Waals surface area contributed by atoms with E-state index in [0.29, 0.717) is 17.1 Å². The van der Waals surface area contributed by atoms with Crippen molar-refractivity contribution >= 4 is 17.8 Å². The second-order valence-electron chi connectivity index (χ2n) is 5.99. The molecular weight excluding hydrogens is 328 g/mol. The molecule has 2 amide bonds. The van der Waals surface area contributed by atoms with Crippen LogP contribution in [0.15, 0.2) is 18.2 Å². The molecule has 1 aromatic rings. The third-order valence-electron chi connectivity index (χ3n) is 4.70. The Morgan fingerprint density at radius 3 is 2.52 bits per heavy atom. The number of hydrogen-bond acceptors (Lipinski definition) is 5. The molecule has 2 N–H and O–H groups in total. The number of nitrogens with one attached hydrogen (secondary N) is 1. The Kier molecular flexibility index (Phi) is 5.20. The second kappa shape index (κ2) is 7.00. The maximum absolute atomic E-state index is 12.7. The van der Waals surface area contributed by atoms with Crippen LogP contribution in [0.4, 0.5) is 0 Å². The maximum Gasteiger partial charge on any atom is 0.339 e. The average Bonchev–Trinajstić information content (AvgIpc) is 2.82. The summed E-state index contributed by atoms with van der Waals surface area (Å²) in [6, 6.07) is 5.10. The first-order valence-electron chi connectivity index (χ1n) is 7.78. The van der Waals surface area contributed by atoms with Gasteiger partial charge in [0.25, 0.3) is 5.91 Å². The lowest BCUT2D eigenvalue weighted by Gasteiger charge is -2.33. The molecule has 0 aromatic heterocycles. The first-order valence-corrected chi connectivity index (χ1v) is 7.78. The number of likely N-dealkylation sites (tertiary alicyclic amines) is 1. The van der Waals surface area contributed by atoms with E-state index in [-0.39, 0.29) is 18.9 Å². The van der Waals surface area contributed by atoms with Crippen LogP contribution in [0, 0.1) is 5.92 Å². The van der Waals surface area contributed by atoms with Gasteiger partial charge in [-0.1, -0.05) is 6.92 Å². The van der Waals surface area contributed by atoms with Crippen molar-refractivity contribution in [2.75, 3.05) is 21.3 Å². The highest BCUT2D eigenvalue weighted by molar-refractivity contribution is 6.11. The molecule has 2 rings (SSSR count). The molecule has 1 aliphatic heterocycles. The summed E-state index contributed by atoms with van der Waals surface area (Å²) in [5.74, 6) is -1.96. The zero-order chi connectivity index (χ0) is 18.8. The highest BCUT2D eigenvalue weighted by Gasteiger charge is 2.60. The van der Waals surface area contributed by atoms with Crippen molar-refractivity contribution in [3.63, 3.8) is 0 Å². The number of carbonyl (C=O) groups excluding carboxylic acids is 2. The van der Waals surface area contributed by atoms with Gasteiger partial charge in [0.1, 0.15) is 11.5 Å². The first kappa shape index (κ1) is 18.6. The van der Waals surface area contributed by atoms with Gasteiger partial charge in [-0.05, 0) is 12.1 Å². The summed E-state index contributed by atoms with van der Waals surface area (Å²) in [4.78, 5) is 37.5. The van der Waals surface area contributed by atoms with Crippen molar-refractivity contribution in [1.82, 2.24) is 10.2 Å². The van der Waals surface area contributed by atoms with E-state index in [4.69, 9.17) is 9.47 Å². The second-order valence-corrected chi connectivity index (χ2v) is 5.99. The molecule has 2 atom stereocenters. The summed E-state index contributed by atoms with van der Waals surface area (Å²) in [5.41, 5.74) is -1.24. The van der Waals surface area contributed by atoms with Gasteiger partial charge >= 0.3 is 5.97 Å². The monoisotopic (exact) mass is 350 g/mol. The molecule has 1 aromatic carbocycles. The molecule has 2 unspecified atom stereocenters. The molecule has 136 valence electrons. The molecule has 8 nitrogen and oxygen atoms in total. The number of methoxy groups -OCH3 is 2. The van der Waals surface area contributed by atoms with Crippen molar-refractivity contribution < 1.29 is 29.0 Å². The Bertz CT molecular complexity index is 704. The predicted octanol–water partition coefficient (Wildman–Crippen LogP) is 0.642. The van der Waals surface area contributed by atoms with Crippen LogP contribution in [0.25, 0.3) is 0 Å². The minimum Gasteiger partial charge on any atom is -0.497 e. The number of rotatable bonds is 6. The lowest BCUT2D eigenvalue weighted by atomic mass is 9.85. The minimum atomic E-state index is -1.91. The van der Waals surface area contributed by atoms with Gasteiger partial charge in [-0.15, -0.1) is 0 Å². The molecule has 1 saturated heterocycles. The fourth-order valence-corrected chi connectivity index (χ4v) is 3.21. The number of ether oxygens (including phenoxy) is 2. The van der Waals surface area contributed by atoms with Crippen molar-refractivity contribution in [2.24, 2.45) is 5.92 Å². The Balaban J connectivity index is 2.24. The van der Waals surface area contributed by atoms with Crippen molar-refractivity contribution in [3.8, 4) is 11.5 Å². The van der Waals surface area contributed by atoms with Gasteiger partial charge in [0.05, 0.1) is 14.2 Å². The summed E-state index contributed by atoms with van der Waals surface area (Å²) in [6.45, 7) is 1.65. The topological polar surface area (TPSA) is 105 Å². The Morgan fingerprint density at radius 2 is 2.04 bits per heavy atom. The summed E-state index contributed by atoms with van der Waals surface area (Å²) in [7, 11) is 4.36. The van der Waals surface area contributed by atoms with Gasteiger partial charge in [0.15, 0.2) is 0 Å². The Morgan fingerprint density at radius 1 is 1.36 bits per heavy atom. The molecule has 8 heteroatoms. The minimum absolute atomic E-state index is 0.0159. The van der Waals surface area contributed by atoms with E-state index in [1.165, 1.54) is 21.3 Å². The van der Waals surface area contributed by atoms with Gasteiger partial charge in [-0.2, -0.15) is 0 Å². The van der Waals surface area contributed by atoms with Crippen LogP contribution in [0.5, 0.6) is 11.5 Å². The standard InChI is InChI=1S/C17H22N2O6/c1-10-7-14(20)19(2)17(10,16(22)23)15(21)18-9-11-5-6-12(24-3)8-13(11)25-4/h5-6,8,10H,7,9H2,1-4H3,(H,18,21)(H,22,23). The van der Waals surface area contributed by atoms with E-state index in [0.717, 1.165) is 4.90 Å². The van der Waals surface area contributed by atoms with E-state index in [1.54, 1.807) is 25.1 Å². The SMILES string of the molecule is COc1ccc(CNC(=O)C2(C(=O)O)C(C)CC(=O)N2C)c(OC)c1. The third-order valence-corrected chi connectivity index (χ3v) is 4.70. The fourth-order valence-electron chi connectivity index (χ4n) is 3.21. The molecule has 1 aliphatic rings. The fraction of sp³-hybridized carbons (Fsp3) is 0.471. The average molecular weight is 350 g/mol. The van der Waals surface area contributed by atoms with E-state index in [1.807, 2.05) is 0 Å². The highest BCUT2D eigenvalue weighted by Crippen LogP contribution is 2.35. The van der Waals surface area contributed by atoms with Crippen molar-refractivity contribution in [1.29, 1.82) is 0 Å². The first-order chi connectivity index (χ1) is 11.8. The van der Waals surface area contributed by atoms with Crippen LogP contribution in [-0.2, 0) is 20.9 Å². The summed E-state index contributed by atoms with van der Waals surface area (Å²) >= 11 is 0. The van der Waals surface area contributed by atoms with Crippen LogP contribution in [0.2, 0.25) is 0 Å². The zero-order valence-electron chi connectivity index (χ0n) is 14.7. The number of hydrogen-bond donors (Lipinski definition) is 2. The van der Waals surface area contributed by atoms with E-state index < -0.39 is 23.3 Å². The molecule has 0 aliphatic carbocycles. The van der Waals surface area contributed by atoms with Crippen molar-refractivity contribution in [2.45, 2.75) is 25.4 Å². The van der Waals surface area contributed by atoms with Gasteiger partial charge in [0.2, 0.25) is 11.4 Å². The molecule has 1 heterocycles. The Labute approximate surface area is 145 Å². The number of aliphatic carboxylic acids is 1. The van der Waals surface area contributed by atoms with Crippen molar-refractivity contribution in [3.05, 3.63) is 23.8 Å². The maximum atomic E-state index is 12.7. The normalized spacial score (nSPS) is 22.6. The Hall–Kier alpha value is -2.77. The third kappa shape index (κ3) is 2.99. The molecule has 0 radical (unpaired) electrons. The summed E-state index contributed by atoms with van der Waals surface area (Å²) < 4.78 is 10.4. The van der Waals surface area contributed by atoms with Crippen LogP contribution >= 0.6 is 0 Å². The summed E-state index contributed by atoms with van der Waals surface area (Å²) in [5, 5.41) is 12.3. The molecule has 1 fully saturated rings. The van der Waals surface area contributed by atoms with E-state index in [9.17, 15) is 19.5 Å². The largest absolute Gasteiger partial charge is 0.497 e. The number of amides is 2. The lowest BCUT2D eigenvalue weighted by molar-refractivity contribution is -0.161. The van der Waals surface area contributed by atoms with Gasteiger partial charge in [-0.25, -0.2) is 4.79 Å². The molecule has 25 heavy (non-hydrogen) atoms. The van der Waals surface area contributed by atoms with Gasteiger partial charge in [-0.3, -0.25) is 9.59 Å². The lowest BCUT2D eigenvalue weighted by Crippen LogP contribution is -2.62. The van der Waals surface area contributed by atoms with Crippen LogP contribution in [0.3, 0.4) is 0 Å². The molecule has 0 bridgehead atoms. The van der Waals surface area contributed by atoms with Crippen LogP contribution in [0.1, 0.15) is 18.9 Å². The molecule has 0 spiro atoms. The van der Waals surface area contributed by atoms with E-state index >= 15 is 0 Å². The van der Waals surface area contributed by atoms with Crippen LogP contribution < -0.4 is 14.8 Å². The molecular formula is C17H22N2O6. The van der Waals surface area contributed by atoms with Crippen LogP contribution in [-0.4, -0.2) is 54.6 Å². The predicted molar refractivity (Wildman–Crippen MR) is 88.3 cm³/mol. The quantitative estimate of drug-likeness (QED) is 0.730. The van der Waals surface area contributed by atoms with Gasteiger partial charge in [0, 0.05) is 37.6 Å². The molecule has 0 saturated carbocycles. The van der Waals surface area contributed by atoms with E-state index in [2.05, 4.69) is 5.32 Å². The number of carbonyl (C=O) groups is 3. The number of likely N-dealkylation sites (N-methyl/N-ethyl adjacent to an activating group) is 1. The number of benzene rings is 1. The van der Waals surface area contributed by atoms with Gasteiger partial charge < -0.3 is 24.8 Å². The number of carboxylic acid groups (broad SMARTS) is 1. The summed E-state index contributed by atoms with van der Waals surface area (Å²) in [6.07, 6.45) is 0.0159. The smallest absolute Gasteiger partial charge is 0.339 e. The number of carboxylic acids is 1. The zero-order valence-corrected chi connectivity index (χ0v) is 14.7.